The van der Waals surface area contributed by atoms with Crippen molar-refractivity contribution in [1.82, 2.24) is 0 Å². The van der Waals surface area contributed by atoms with Gasteiger partial charge in [0.2, 0.25) is 0 Å². The van der Waals surface area contributed by atoms with E-state index < -0.39 is 0 Å². The van der Waals surface area contributed by atoms with Gasteiger partial charge in [-0.15, -0.1) is 0 Å². The summed E-state index contributed by atoms with van der Waals surface area (Å²) in [7, 11) is 0. The zero-order valence-corrected chi connectivity index (χ0v) is 4.77. The molecule has 0 unspecified atom stereocenters. The molecule has 1 nitrogen and oxygen atoms in total. The van der Waals surface area contributed by atoms with Crippen LogP contribution in [0.3, 0.4) is 0 Å². The van der Waals surface area contributed by atoms with E-state index in [2.05, 4.69) is 21.3 Å². The van der Waals surface area contributed by atoms with E-state index >= 15 is 0 Å². The second kappa shape index (κ2) is 3.34. The number of hydrogen-bond acceptors (Lipinski definition) is 2. The second-order valence-corrected chi connectivity index (χ2v) is 0.855. The Morgan fingerprint density at radius 1 is 2.00 bits per heavy atom. The molecule has 0 aliphatic rings. The number of thiocarbonyl (C=S) groups is 1. The van der Waals surface area contributed by atoms with E-state index in [4.69, 9.17) is 0 Å². The third-order valence-electron chi connectivity index (χ3n) is 0.0456. The summed E-state index contributed by atoms with van der Waals surface area (Å²) in [5.41, 5.74) is 0. The predicted octanol–water partition coefficient (Wildman–Crippen LogP) is 0.173. The molecule has 0 aromatic rings. The third kappa shape index (κ3) is 2.34. The van der Waals surface area contributed by atoms with Crippen molar-refractivity contribution in [2.75, 3.05) is 0 Å². The molecule has 3 heteroatoms. The molecular formula is CGeNS. The summed E-state index contributed by atoms with van der Waals surface area (Å²) in [4.78, 5) is 0. The number of isothiocyanates is 1. The number of hydrogen-bond donors (Lipinski definition) is 0. The van der Waals surface area contributed by atoms with Gasteiger partial charge in [0.1, 0.15) is 0 Å². The summed E-state index contributed by atoms with van der Waals surface area (Å²) in [5.74, 6) is 0. The Hall–Kier alpha value is 0.343. The van der Waals surface area contributed by atoms with Gasteiger partial charge in [0.15, 0.2) is 0 Å². The molecule has 4 heavy (non-hydrogen) atoms. The van der Waals surface area contributed by atoms with Crippen molar-refractivity contribution in [2.45, 2.75) is 0 Å². The van der Waals surface area contributed by atoms with Gasteiger partial charge < -0.3 is 0 Å². The van der Waals surface area contributed by atoms with Gasteiger partial charge in [0.05, 0.1) is 0 Å². The molecule has 0 rings (SSSR count). The van der Waals surface area contributed by atoms with Crippen molar-refractivity contribution in [3.8, 4) is 0 Å². The maximum atomic E-state index is 4.14. The van der Waals surface area contributed by atoms with Crippen LogP contribution in [-0.2, 0) is 0 Å². The topological polar surface area (TPSA) is 12.4 Å². The second-order valence-electron chi connectivity index (χ2n) is 0.203. The quantitative estimate of drug-likeness (QED) is 0.259. The van der Waals surface area contributed by atoms with Gasteiger partial charge in [-0.1, -0.05) is 0 Å². The molecule has 0 spiro atoms. The van der Waals surface area contributed by atoms with Crippen molar-refractivity contribution >= 4 is 34.1 Å². The Bertz CT molecular complexity index is 46.0. The van der Waals surface area contributed by atoms with Crippen LogP contribution in [0.5, 0.6) is 0 Å². The first-order chi connectivity index (χ1) is 1.91. The molecule has 0 saturated carbocycles. The Labute approximate surface area is 38.6 Å². The van der Waals surface area contributed by atoms with Crippen LogP contribution < -0.4 is 0 Å². The van der Waals surface area contributed by atoms with Crippen LogP contribution in [0.4, 0.5) is 0 Å². The maximum absolute atomic E-state index is 4.14. The van der Waals surface area contributed by atoms with Gasteiger partial charge in [-0.3, -0.25) is 0 Å². The number of nitrogens with zero attached hydrogens (tertiary/aromatic N) is 1. The average Bonchev–Trinajstić information content (AvgIpc) is 1.37. The van der Waals surface area contributed by atoms with E-state index in [1.807, 2.05) is 0 Å². The van der Waals surface area contributed by atoms with Crippen LogP contribution in [0.25, 0.3) is 0 Å². The molecule has 0 fully saturated rings. The summed E-state index contributed by atoms with van der Waals surface area (Å²) in [5, 5.41) is 2.14. The van der Waals surface area contributed by atoms with E-state index in [1.54, 1.807) is 16.7 Å². The molecule has 0 saturated heterocycles. The van der Waals surface area contributed by atoms with Gasteiger partial charge in [-0.2, -0.15) is 0 Å². The third-order valence-corrected chi connectivity index (χ3v) is 0.712. The standard InChI is InChI=1S/CGeNS/c2-3-1-4. The number of rotatable bonds is 0. The molecule has 0 aromatic heterocycles. The Morgan fingerprint density at radius 2 is 2.25 bits per heavy atom. The first-order valence-electron chi connectivity index (χ1n) is 0.651. The van der Waals surface area contributed by atoms with Crippen LogP contribution in [-0.4, -0.2) is 21.9 Å². The summed E-state index contributed by atoms with van der Waals surface area (Å²) < 4.78 is 3.30. The Kier molecular flexibility index (Phi) is 3.63. The first kappa shape index (κ1) is 4.34. The Morgan fingerprint density at radius 3 is 2.25 bits per heavy atom. The van der Waals surface area contributed by atoms with Crippen molar-refractivity contribution < 1.29 is 0 Å². The fourth-order valence-electron chi connectivity index (χ4n) is 0. The molecule has 0 aliphatic heterocycles. The minimum atomic E-state index is 1.59. The van der Waals surface area contributed by atoms with E-state index in [9.17, 15) is 0 Å². The van der Waals surface area contributed by atoms with Crippen LogP contribution in [0.15, 0.2) is 3.95 Å². The van der Waals surface area contributed by atoms with Gasteiger partial charge in [0.25, 0.3) is 0 Å². The summed E-state index contributed by atoms with van der Waals surface area (Å²) in [6.07, 6.45) is 0. The van der Waals surface area contributed by atoms with Crippen molar-refractivity contribution in [1.29, 1.82) is 0 Å². The normalized spacial score (nSPS) is 4.25. The summed E-state index contributed by atoms with van der Waals surface area (Å²) in [6.45, 7) is 0. The van der Waals surface area contributed by atoms with E-state index in [-0.39, 0.29) is 0 Å². The zero-order chi connectivity index (χ0) is 3.41. The van der Waals surface area contributed by atoms with Gasteiger partial charge in [-0.05, 0) is 0 Å². The van der Waals surface area contributed by atoms with Crippen molar-refractivity contribution in [3.63, 3.8) is 0 Å². The Balaban J connectivity index is 3.11. The van der Waals surface area contributed by atoms with Crippen LogP contribution >= 0.6 is 12.2 Å². The molecular weight excluding hydrogens is 131 g/mol. The van der Waals surface area contributed by atoms with Gasteiger partial charge >= 0.3 is 38.1 Å². The van der Waals surface area contributed by atoms with E-state index in [0.29, 0.717) is 0 Å². The van der Waals surface area contributed by atoms with Crippen molar-refractivity contribution in [3.05, 3.63) is 0 Å². The molecule has 0 heterocycles. The molecule has 3 radical (unpaired) electrons. The van der Waals surface area contributed by atoms with E-state index in [1.165, 1.54) is 0 Å². The molecule has 0 N–H and O–H groups in total. The fourth-order valence-corrected chi connectivity index (χ4v) is 0. The van der Waals surface area contributed by atoms with Crippen molar-refractivity contribution in [2.24, 2.45) is 3.95 Å². The van der Waals surface area contributed by atoms with Crippen LogP contribution in [0.2, 0.25) is 0 Å². The minimum absolute atomic E-state index is 1.59. The average molecular weight is 131 g/mol. The van der Waals surface area contributed by atoms with Gasteiger partial charge in [0, 0.05) is 0 Å². The SMILES string of the molecule is S=C=[N][Ge]. The monoisotopic (exact) mass is 132 g/mol. The zero-order valence-electron chi connectivity index (χ0n) is 1.86. The molecule has 0 aromatic carbocycles. The van der Waals surface area contributed by atoms with Crippen LogP contribution in [0.1, 0.15) is 0 Å². The summed E-state index contributed by atoms with van der Waals surface area (Å²) in [6, 6.07) is 0. The first-order valence-corrected chi connectivity index (χ1v) is 2.00. The summed E-state index contributed by atoms with van der Waals surface area (Å²) >= 11 is 5.73. The molecule has 0 bridgehead atoms. The molecule has 0 atom stereocenters. The fraction of sp³-hybridized carbons (Fsp3) is 0. The van der Waals surface area contributed by atoms with Gasteiger partial charge in [-0.25, -0.2) is 0 Å². The molecule has 19 valence electrons. The molecule has 0 amide bonds. The van der Waals surface area contributed by atoms with Crippen LogP contribution in [0, 0.1) is 0 Å². The van der Waals surface area contributed by atoms with E-state index in [0.717, 1.165) is 0 Å². The predicted molar refractivity (Wildman–Crippen MR) is 20.8 cm³/mol. The molecule has 0 aliphatic carbocycles.